The monoisotopic (exact) mass is 343 g/mol. The number of aryl methyl sites for hydroxylation is 1. The zero-order chi connectivity index (χ0) is 18.0. The van der Waals surface area contributed by atoms with Gasteiger partial charge in [-0.1, -0.05) is 18.2 Å². The molecule has 0 saturated carbocycles. The molecular formula is C20H27N2O3+. The molecule has 5 heteroatoms. The number of aromatic nitrogens is 1. The summed E-state index contributed by atoms with van der Waals surface area (Å²) < 4.78 is 11.1. The fourth-order valence-corrected chi connectivity index (χ4v) is 3.81. The lowest BCUT2D eigenvalue weighted by atomic mass is 10.0. The SMILES string of the molecule is CCOC(=O)c1c(C[NH+]2C[C@@H](C)O[C@H](C)C2)nc2ccccc2c1C. The molecule has 0 radical (unpaired) electrons. The Kier molecular flexibility index (Phi) is 5.35. The number of nitrogens with zero attached hydrogens (tertiary/aromatic N) is 1. The first-order valence-electron chi connectivity index (χ1n) is 9.04. The highest BCUT2D eigenvalue weighted by Crippen LogP contribution is 2.23. The molecule has 3 rings (SSSR count). The highest BCUT2D eigenvalue weighted by Gasteiger charge is 2.29. The molecule has 0 unspecified atom stereocenters. The van der Waals surface area contributed by atoms with Crippen LogP contribution in [0.3, 0.4) is 0 Å². The number of rotatable bonds is 4. The smallest absolute Gasteiger partial charge is 0.340 e. The number of carbonyl (C=O) groups excluding carboxylic acids is 1. The Morgan fingerprint density at radius 1 is 1.28 bits per heavy atom. The van der Waals surface area contributed by atoms with Crippen LogP contribution in [0.4, 0.5) is 0 Å². The zero-order valence-corrected chi connectivity index (χ0v) is 15.5. The molecule has 1 aliphatic heterocycles. The number of hydrogen-bond acceptors (Lipinski definition) is 4. The molecule has 2 atom stereocenters. The topological polar surface area (TPSA) is 52.9 Å². The number of carbonyl (C=O) groups is 1. The summed E-state index contributed by atoms with van der Waals surface area (Å²) in [6.45, 7) is 10.9. The van der Waals surface area contributed by atoms with E-state index in [1.165, 1.54) is 4.90 Å². The minimum absolute atomic E-state index is 0.214. The van der Waals surface area contributed by atoms with Crippen molar-refractivity contribution < 1.29 is 19.2 Å². The normalized spacial score (nSPS) is 23.6. The molecule has 2 aromatic rings. The zero-order valence-electron chi connectivity index (χ0n) is 15.5. The molecule has 25 heavy (non-hydrogen) atoms. The first-order valence-corrected chi connectivity index (χ1v) is 9.04. The largest absolute Gasteiger partial charge is 0.462 e. The van der Waals surface area contributed by atoms with Crippen molar-refractivity contribution in [1.82, 2.24) is 4.98 Å². The minimum Gasteiger partial charge on any atom is -0.462 e. The number of hydrogen-bond donors (Lipinski definition) is 1. The first-order chi connectivity index (χ1) is 12.0. The highest BCUT2D eigenvalue weighted by atomic mass is 16.5. The fourth-order valence-electron chi connectivity index (χ4n) is 3.81. The van der Waals surface area contributed by atoms with E-state index in [1.807, 2.05) is 38.1 Å². The number of fused-ring (bicyclic) bond motifs is 1. The molecule has 5 nitrogen and oxygen atoms in total. The van der Waals surface area contributed by atoms with Crippen LogP contribution in [-0.4, -0.2) is 42.9 Å². The minimum atomic E-state index is -0.276. The van der Waals surface area contributed by atoms with Crippen LogP contribution < -0.4 is 4.90 Å². The molecular weight excluding hydrogens is 316 g/mol. The second-order valence-corrected chi connectivity index (χ2v) is 6.89. The summed E-state index contributed by atoms with van der Waals surface area (Å²) in [5, 5.41) is 1.01. The Morgan fingerprint density at radius 3 is 2.64 bits per heavy atom. The summed E-state index contributed by atoms with van der Waals surface area (Å²) in [6.07, 6.45) is 0.428. The van der Waals surface area contributed by atoms with E-state index in [0.717, 1.165) is 35.2 Å². The van der Waals surface area contributed by atoms with Gasteiger partial charge < -0.3 is 14.4 Å². The number of nitrogens with one attached hydrogen (secondary N) is 1. The predicted octanol–water partition coefficient (Wildman–Crippen LogP) is 1.91. The summed E-state index contributed by atoms with van der Waals surface area (Å²) in [5.41, 5.74) is 3.33. The Bertz CT molecular complexity index is 765. The van der Waals surface area contributed by atoms with E-state index >= 15 is 0 Å². The third-order valence-electron chi connectivity index (χ3n) is 4.74. The van der Waals surface area contributed by atoms with Crippen molar-refractivity contribution in [3.63, 3.8) is 0 Å². The van der Waals surface area contributed by atoms with Crippen molar-refractivity contribution in [2.45, 2.75) is 46.4 Å². The van der Waals surface area contributed by atoms with Gasteiger partial charge in [-0.05, 0) is 39.3 Å². The lowest BCUT2D eigenvalue weighted by Crippen LogP contribution is -3.14. The second-order valence-electron chi connectivity index (χ2n) is 6.89. The van der Waals surface area contributed by atoms with Gasteiger partial charge in [0.25, 0.3) is 0 Å². The number of pyridine rings is 1. The number of morpholine rings is 1. The van der Waals surface area contributed by atoms with Crippen LogP contribution in [0.1, 0.15) is 42.4 Å². The molecule has 0 aliphatic carbocycles. The van der Waals surface area contributed by atoms with Gasteiger partial charge in [0.2, 0.25) is 0 Å². The lowest BCUT2D eigenvalue weighted by molar-refractivity contribution is -0.928. The van der Waals surface area contributed by atoms with Gasteiger partial charge >= 0.3 is 5.97 Å². The molecule has 0 amide bonds. The lowest BCUT2D eigenvalue weighted by Gasteiger charge is -2.32. The van der Waals surface area contributed by atoms with E-state index in [4.69, 9.17) is 14.5 Å². The average Bonchev–Trinajstić information content (AvgIpc) is 2.54. The van der Waals surface area contributed by atoms with Crippen molar-refractivity contribution in [3.05, 3.63) is 41.1 Å². The van der Waals surface area contributed by atoms with Crippen LogP contribution >= 0.6 is 0 Å². The summed E-state index contributed by atoms with van der Waals surface area (Å²) in [7, 11) is 0. The molecule has 1 aliphatic rings. The Balaban J connectivity index is 2.02. The molecule has 1 aromatic heterocycles. The van der Waals surface area contributed by atoms with Crippen LogP contribution in [0.15, 0.2) is 24.3 Å². The second kappa shape index (κ2) is 7.50. The number of quaternary nitrogens is 1. The standard InChI is InChI=1S/C20H26N2O3/c1-5-24-20(23)19-15(4)16-8-6-7-9-17(16)21-18(19)12-22-10-13(2)25-14(3)11-22/h6-9,13-14H,5,10-12H2,1-4H3/p+1/t13-,14-/m1/s1. The van der Waals surface area contributed by atoms with Gasteiger partial charge in [-0.25, -0.2) is 9.78 Å². The Labute approximate surface area is 148 Å². The number of ether oxygens (including phenoxy) is 2. The van der Waals surface area contributed by atoms with E-state index in [2.05, 4.69) is 13.8 Å². The molecule has 1 N–H and O–H groups in total. The van der Waals surface area contributed by atoms with Gasteiger partial charge in [0.15, 0.2) is 0 Å². The van der Waals surface area contributed by atoms with Crippen LogP contribution in [0.5, 0.6) is 0 Å². The maximum atomic E-state index is 12.6. The highest BCUT2D eigenvalue weighted by molar-refractivity contribution is 5.98. The van der Waals surface area contributed by atoms with Gasteiger partial charge in [-0.15, -0.1) is 0 Å². The van der Waals surface area contributed by atoms with Crippen molar-refractivity contribution >= 4 is 16.9 Å². The van der Waals surface area contributed by atoms with E-state index in [1.54, 1.807) is 0 Å². The molecule has 1 saturated heterocycles. The predicted molar refractivity (Wildman–Crippen MR) is 96.8 cm³/mol. The van der Waals surface area contributed by atoms with Crippen LogP contribution in [0.2, 0.25) is 0 Å². The molecule has 1 fully saturated rings. The van der Waals surface area contributed by atoms with Crippen molar-refractivity contribution in [1.29, 1.82) is 0 Å². The first kappa shape index (κ1) is 17.8. The van der Waals surface area contributed by atoms with Gasteiger partial charge in [-0.3, -0.25) is 0 Å². The Morgan fingerprint density at radius 2 is 1.96 bits per heavy atom. The molecule has 0 spiro atoms. The third-order valence-corrected chi connectivity index (χ3v) is 4.74. The maximum Gasteiger partial charge on any atom is 0.340 e. The van der Waals surface area contributed by atoms with Crippen molar-refractivity contribution in [2.75, 3.05) is 19.7 Å². The third kappa shape index (κ3) is 3.83. The molecule has 134 valence electrons. The number of benzene rings is 1. The summed E-state index contributed by atoms with van der Waals surface area (Å²) in [5.74, 6) is -0.276. The van der Waals surface area contributed by atoms with Crippen molar-refractivity contribution in [2.24, 2.45) is 0 Å². The van der Waals surface area contributed by atoms with Gasteiger partial charge in [-0.2, -0.15) is 0 Å². The van der Waals surface area contributed by atoms with Gasteiger partial charge in [0, 0.05) is 5.39 Å². The van der Waals surface area contributed by atoms with E-state index < -0.39 is 0 Å². The van der Waals surface area contributed by atoms with Crippen LogP contribution in [0, 0.1) is 6.92 Å². The average molecular weight is 343 g/mol. The number of esters is 1. The van der Waals surface area contributed by atoms with Gasteiger partial charge in [0.05, 0.1) is 17.7 Å². The molecule has 0 bridgehead atoms. The fraction of sp³-hybridized carbons (Fsp3) is 0.500. The molecule has 1 aromatic carbocycles. The summed E-state index contributed by atoms with van der Waals surface area (Å²) in [6, 6.07) is 7.97. The van der Waals surface area contributed by atoms with Crippen LogP contribution in [-0.2, 0) is 16.0 Å². The van der Waals surface area contributed by atoms with E-state index in [-0.39, 0.29) is 18.2 Å². The molecule has 2 heterocycles. The summed E-state index contributed by atoms with van der Waals surface area (Å²) in [4.78, 5) is 18.8. The Hall–Kier alpha value is -1.98. The number of para-hydroxylation sites is 1. The van der Waals surface area contributed by atoms with E-state index in [9.17, 15) is 4.79 Å². The van der Waals surface area contributed by atoms with Crippen molar-refractivity contribution in [3.8, 4) is 0 Å². The van der Waals surface area contributed by atoms with Gasteiger partial charge in [0.1, 0.15) is 37.5 Å². The summed E-state index contributed by atoms with van der Waals surface area (Å²) >= 11 is 0. The van der Waals surface area contributed by atoms with E-state index in [0.29, 0.717) is 18.7 Å². The maximum absolute atomic E-state index is 12.6. The van der Waals surface area contributed by atoms with Crippen LogP contribution in [0.25, 0.3) is 10.9 Å². The quantitative estimate of drug-likeness (QED) is 0.862.